The fourth-order valence-electron chi connectivity index (χ4n) is 4.17. The quantitative estimate of drug-likeness (QED) is 0.452. The smallest absolute Gasteiger partial charge is 0.119 e. The number of phenolic OH excluding ortho intramolecular Hbond substituents is 1. The van der Waals surface area contributed by atoms with Crippen LogP contribution in [0.3, 0.4) is 0 Å². The maximum Gasteiger partial charge on any atom is 0.119 e. The van der Waals surface area contributed by atoms with Crippen LogP contribution in [0.25, 0.3) is 10.8 Å². The summed E-state index contributed by atoms with van der Waals surface area (Å²) in [4.78, 5) is 5.17. The van der Waals surface area contributed by atoms with E-state index in [9.17, 15) is 5.11 Å². The number of hydrogen-bond acceptors (Lipinski definition) is 2. The van der Waals surface area contributed by atoms with Crippen molar-refractivity contribution in [2.75, 3.05) is 0 Å². The van der Waals surface area contributed by atoms with Gasteiger partial charge in [-0.25, -0.2) is 0 Å². The van der Waals surface area contributed by atoms with Crippen molar-refractivity contribution < 1.29 is 5.11 Å². The Morgan fingerprint density at radius 2 is 1.39 bits per heavy atom. The lowest BCUT2D eigenvalue weighted by atomic mass is 9.84. The molecule has 4 rings (SSSR count). The number of aryl methyl sites for hydroxylation is 2. The van der Waals surface area contributed by atoms with E-state index in [1.807, 2.05) is 36.4 Å². The summed E-state index contributed by atoms with van der Waals surface area (Å²) in [6.07, 6.45) is 1.85. The Kier molecular flexibility index (Phi) is 5.12. The molecular formula is C26H25NO. The Labute approximate surface area is 166 Å². The van der Waals surface area contributed by atoms with E-state index in [4.69, 9.17) is 4.98 Å². The zero-order valence-corrected chi connectivity index (χ0v) is 16.4. The molecule has 0 radical (unpaired) electrons. The molecule has 2 heteroatoms. The molecule has 0 amide bonds. The zero-order valence-electron chi connectivity index (χ0n) is 16.4. The largest absolute Gasteiger partial charge is 0.508 e. The lowest BCUT2D eigenvalue weighted by molar-refractivity contribution is 0.467. The number of pyridine rings is 1. The molecule has 4 aromatic rings. The normalized spacial score (nSPS) is 12.2. The maximum atomic E-state index is 10.7. The van der Waals surface area contributed by atoms with Crippen molar-refractivity contribution in [3.05, 3.63) is 107 Å². The van der Waals surface area contributed by atoms with Crippen molar-refractivity contribution in [3.8, 4) is 5.75 Å². The van der Waals surface area contributed by atoms with Gasteiger partial charge in [0.15, 0.2) is 0 Å². The second-order valence-electron chi connectivity index (χ2n) is 7.08. The third kappa shape index (κ3) is 3.16. The Hall–Kier alpha value is -3.13. The first-order valence-corrected chi connectivity index (χ1v) is 9.97. The second-order valence-corrected chi connectivity index (χ2v) is 7.08. The van der Waals surface area contributed by atoms with E-state index in [1.54, 1.807) is 6.07 Å². The molecule has 3 aromatic carbocycles. The number of phenols is 1. The molecule has 1 aromatic heterocycles. The highest BCUT2D eigenvalue weighted by Gasteiger charge is 2.24. The number of aromatic hydroxyl groups is 1. The fourth-order valence-corrected chi connectivity index (χ4v) is 4.17. The van der Waals surface area contributed by atoms with Crippen molar-refractivity contribution in [1.82, 2.24) is 4.98 Å². The van der Waals surface area contributed by atoms with Crippen LogP contribution in [0.2, 0.25) is 0 Å². The van der Waals surface area contributed by atoms with Crippen LogP contribution in [0.1, 0.15) is 47.8 Å². The lowest BCUT2D eigenvalue weighted by Gasteiger charge is -2.23. The van der Waals surface area contributed by atoms with E-state index in [-0.39, 0.29) is 5.92 Å². The Morgan fingerprint density at radius 1 is 0.750 bits per heavy atom. The highest BCUT2D eigenvalue weighted by atomic mass is 16.3. The molecule has 1 atom stereocenters. The third-order valence-electron chi connectivity index (χ3n) is 5.47. The highest BCUT2D eigenvalue weighted by Crippen LogP contribution is 2.39. The van der Waals surface area contributed by atoms with Crippen LogP contribution >= 0.6 is 0 Å². The van der Waals surface area contributed by atoms with Crippen LogP contribution < -0.4 is 0 Å². The average molecular weight is 367 g/mol. The van der Waals surface area contributed by atoms with E-state index < -0.39 is 0 Å². The molecule has 0 spiro atoms. The Balaban J connectivity index is 2.08. The molecule has 2 nitrogen and oxygen atoms in total. The molecule has 0 bridgehead atoms. The van der Waals surface area contributed by atoms with Crippen LogP contribution in [-0.2, 0) is 12.8 Å². The summed E-state index contributed by atoms with van der Waals surface area (Å²) in [5.41, 5.74) is 5.50. The van der Waals surface area contributed by atoms with Gasteiger partial charge in [-0.15, -0.1) is 0 Å². The standard InChI is InChI=1S/C26H25NO/c1-3-19-20-14-8-9-15-21(20)26(27-23(19)4-2)25(18-12-6-5-7-13-18)22-16-10-11-17-24(22)28/h5-17,25,28H,3-4H2,1-2H3. The van der Waals surface area contributed by atoms with Crippen LogP contribution in [0.5, 0.6) is 5.75 Å². The second kappa shape index (κ2) is 7.85. The Bertz CT molecular complexity index is 1100. The molecule has 1 N–H and O–H groups in total. The summed E-state index contributed by atoms with van der Waals surface area (Å²) in [5.74, 6) is 0.184. The van der Waals surface area contributed by atoms with Gasteiger partial charge in [-0.2, -0.15) is 0 Å². The van der Waals surface area contributed by atoms with Crippen LogP contribution in [-0.4, -0.2) is 10.1 Å². The molecule has 0 saturated carbocycles. The van der Waals surface area contributed by atoms with E-state index in [0.29, 0.717) is 5.75 Å². The van der Waals surface area contributed by atoms with Crippen molar-refractivity contribution >= 4 is 10.8 Å². The van der Waals surface area contributed by atoms with E-state index >= 15 is 0 Å². The predicted octanol–water partition coefficient (Wildman–Crippen LogP) is 6.25. The van der Waals surface area contributed by atoms with Gasteiger partial charge in [0.2, 0.25) is 0 Å². The monoisotopic (exact) mass is 367 g/mol. The first-order chi connectivity index (χ1) is 13.7. The van der Waals surface area contributed by atoms with Gasteiger partial charge in [0, 0.05) is 16.6 Å². The number of fused-ring (bicyclic) bond motifs is 1. The Morgan fingerprint density at radius 3 is 2.07 bits per heavy atom. The van der Waals surface area contributed by atoms with Gasteiger partial charge >= 0.3 is 0 Å². The van der Waals surface area contributed by atoms with Gasteiger partial charge in [-0.1, -0.05) is 86.6 Å². The molecule has 0 aliphatic rings. The molecular weight excluding hydrogens is 342 g/mol. The molecule has 1 unspecified atom stereocenters. The third-order valence-corrected chi connectivity index (χ3v) is 5.47. The van der Waals surface area contributed by atoms with Crippen LogP contribution in [0, 0.1) is 0 Å². The van der Waals surface area contributed by atoms with Gasteiger partial charge in [0.25, 0.3) is 0 Å². The van der Waals surface area contributed by atoms with Gasteiger partial charge in [-0.05, 0) is 35.4 Å². The molecule has 0 aliphatic heterocycles. The molecule has 28 heavy (non-hydrogen) atoms. The summed E-state index contributed by atoms with van der Waals surface area (Å²) >= 11 is 0. The summed E-state index contributed by atoms with van der Waals surface area (Å²) in [6, 6.07) is 26.5. The summed E-state index contributed by atoms with van der Waals surface area (Å²) in [7, 11) is 0. The SMILES string of the molecule is CCc1nc(C(c2ccccc2)c2ccccc2O)c2ccccc2c1CC. The van der Waals surface area contributed by atoms with E-state index in [0.717, 1.165) is 40.7 Å². The van der Waals surface area contributed by atoms with Gasteiger partial charge in [-0.3, -0.25) is 4.98 Å². The van der Waals surface area contributed by atoms with Gasteiger partial charge < -0.3 is 5.11 Å². The van der Waals surface area contributed by atoms with E-state index in [1.165, 1.54) is 10.9 Å². The summed E-state index contributed by atoms with van der Waals surface area (Å²) < 4.78 is 0. The maximum absolute atomic E-state index is 10.7. The average Bonchev–Trinajstić information content (AvgIpc) is 2.75. The van der Waals surface area contributed by atoms with Crippen molar-refractivity contribution in [3.63, 3.8) is 0 Å². The minimum atomic E-state index is -0.122. The first-order valence-electron chi connectivity index (χ1n) is 9.97. The lowest BCUT2D eigenvalue weighted by Crippen LogP contribution is -2.10. The predicted molar refractivity (Wildman–Crippen MR) is 116 cm³/mol. The zero-order chi connectivity index (χ0) is 19.5. The van der Waals surface area contributed by atoms with Crippen molar-refractivity contribution in [2.24, 2.45) is 0 Å². The fraction of sp³-hybridized carbons (Fsp3) is 0.192. The molecule has 140 valence electrons. The number of para-hydroxylation sites is 1. The number of benzene rings is 3. The minimum Gasteiger partial charge on any atom is -0.508 e. The summed E-state index contributed by atoms with van der Waals surface area (Å²) in [6.45, 7) is 4.36. The molecule has 0 aliphatic carbocycles. The molecule has 1 heterocycles. The molecule has 0 fully saturated rings. The highest BCUT2D eigenvalue weighted by molar-refractivity contribution is 5.89. The van der Waals surface area contributed by atoms with Crippen LogP contribution in [0.15, 0.2) is 78.9 Å². The topological polar surface area (TPSA) is 33.1 Å². The van der Waals surface area contributed by atoms with E-state index in [2.05, 4.69) is 50.2 Å². The first kappa shape index (κ1) is 18.2. The minimum absolute atomic E-state index is 0.122. The molecule has 0 saturated heterocycles. The van der Waals surface area contributed by atoms with Crippen molar-refractivity contribution in [1.29, 1.82) is 0 Å². The summed E-state index contributed by atoms with van der Waals surface area (Å²) in [5, 5.41) is 13.1. The number of rotatable bonds is 5. The van der Waals surface area contributed by atoms with Gasteiger partial charge in [0.1, 0.15) is 5.75 Å². The number of hydrogen-bond donors (Lipinski definition) is 1. The van der Waals surface area contributed by atoms with Gasteiger partial charge in [0.05, 0.1) is 11.6 Å². The van der Waals surface area contributed by atoms with Crippen LogP contribution in [0.4, 0.5) is 0 Å². The number of nitrogens with zero attached hydrogens (tertiary/aromatic N) is 1. The van der Waals surface area contributed by atoms with Crippen molar-refractivity contribution in [2.45, 2.75) is 32.6 Å². The number of aromatic nitrogens is 1.